The molecule has 114 valence electrons. The number of nitrogens with two attached hydrogens (primary N) is 1. The SMILES string of the molecule is COc1cccc(-c2nc(NN)n(C)c(=O)c2C#N)c1OC. The molecule has 2 rings (SSSR count). The number of hydrogen-bond donors (Lipinski definition) is 2. The average Bonchev–Trinajstić information content (AvgIpc) is 2.56. The van der Waals surface area contributed by atoms with Crippen molar-refractivity contribution in [2.75, 3.05) is 19.6 Å². The summed E-state index contributed by atoms with van der Waals surface area (Å²) in [6, 6.07) is 6.99. The van der Waals surface area contributed by atoms with E-state index in [1.165, 1.54) is 21.3 Å². The second-order valence-corrected chi connectivity index (χ2v) is 4.32. The maximum atomic E-state index is 12.3. The predicted octanol–water partition coefficient (Wildman–Crippen LogP) is 0.622. The molecule has 0 bridgehead atoms. The Labute approximate surface area is 126 Å². The van der Waals surface area contributed by atoms with Crippen LogP contribution in [0.2, 0.25) is 0 Å². The number of ether oxygens (including phenoxy) is 2. The molecule has 8 nitrogen and oxygen atoms in total. The number of rotatable bonds is 4. The fraction of sp³-hybridized carbons (Fsp3) is 0.214. The zero-order chi connectivity index (χ0) is 16.3. The Kier molecular flexibility index (Phi) is 4.29. The first-order valence-corrected chi connectivity index (χ1v) is 6.28. The molecule has 8 heteroatoms. The van der Waals surface area contributed by atoms with Crippen molar-refractivity contribution in [2.45, 2.75) is 0 Å². The molecule has 1 aromatic carbocycles. The molecule has 0 radical (unpaired) electrons. The minimum atomic E-state index is -0.509. The van der Waals surface area contributed by atoms with Crippen LogP contribution < -0.4 is 26.3 Å². The summed E-state index contributed by atoms with van der Waals surface area (Å²) < 4.78 is 11.7. The largest absolute Gasteiger partial charge is 0.493 e. The van der Waals surface area contributed by atoms with Gasteiger partial charge in [0.05, 0.1) is 14.2 Å². The Balaban J connectivity index is 2.87. The molecule has 1 aromatic heterocycles. The van der Waals surface area contributed by atoms with Crippen LogP contribution in [-0.4, -0.2) is 23.8 Å². The summed E-state index contributed by atoms with van der Waals surface area (Å²) in [5, 5.41) is 9.31. The van der Waals surface area contributed by atoms with E-state index in [1.807, 2.05) is 6.07 Å². The third-order valence-electron chi connectivity index (χ3n) is 3.19. The van der Waals surface area contributed by atoms with Gasteiger partial charge in [-0.1, -0.05) is 6.07 Å². The molecule has 0 spiro atoms. The summed E-state index contributed by atoms with van der Waals surface area (Å²) >= 11 is 0. The molecule has 0 fully saturated rings. The van der Waals surface area contributed by atoms with Crippen LogP contribution in [0.15, 0.2) is 23.0 Å². The summed E-state index contributed by atoms with van der Waals surface area (Å²) in [4.78, 5) is 16.5. The lowest BCUT2D eigenvalue weighted by atomic mass is 10.1. The van der Waals surface area contributed by atoms with Crippen molar-refractivity contribution in [1.82, 2.24) is 9.55 Å². The van der Waals surface area contributed by atoms with Crippen molar-refractivity contribution >= 4 is 5.95 Å². The minimum Gasteiger partial charge on any atom is -0.493 e. The van der Waals surface area contributed by atoms with Gasteiger partial charge in [-0.3, -0.25) is 14.8 Å². The van der Waals surface area contributed by atoms with Crippen LogP contribution in [0.1, 0.15) is 5.56 Å². The molecule has 1 heterocycles. The quantitative estimate of drug-likeness (QED) is 0.628. The third kappa shape index (κ3) is 2.34. The van der Waals surface area contributed by atoms with Gasteiger partial charge in [0.2, 0.25) is 5.95 Å². The maximum absolute atomic E-state index is 12.3. The molecular formula is C14H15N5O3. The third-order valence-corrected chi connectivity index (χ3v) is 3.19. The summed E-state index contributed by atoms with van der Waals surface area (Å²) in [5.74, 6) is 6.35. The molecule has 0 aliphatic heterocycles. The van der Waals surface area contributed by atoms with Gasteiger partial charge < -0.3 is 9.47 Å². The van der Waals surface area contributed by atoms with E-state index in [2.05, 4.69) is 10.4 Å². The van der Waals surface area contributed by atoms with Crippen molar-refractivity contribution < 1.29 is 9.47 Å². The van der Waals surface area contributed by atoms with Crippen LogP contribution in [-0.2, 0) is 7.05 Å². The minimum absolute atomic E-state index is 0.104. The molecule has 0 amide bonds. The lowest BCUT2D eigenvalue weighted by molar-refractivity contribution is 0.356. The molecule has 22 heavy (non-hydrogen) atoms. The zero-order valence-corrected chi connectivity index (χ0v) is 12.4. The highest BCUT2D eigenvalue weighted by Gasteiger charge is 2.20. The Morgan fingerprint density at radius 1 is 1.36 bits per heavy atom. The van der Waals surface area contributed by atoms with Crippen LogP contribution in [0.3, 0.4) is 0 Å². The van der Waals surface area contributed by atoms with E-state index in [0.29, 0.717) is 17.1 Å². The lowest BCUT2D eigenvalue weighted by Gasteiger charge is -2.14. The summed E-state index contributed by atoms with van der Waals surface area (Å²) in [6.45, 7) is 0. The summed E-state index contributed by atoms with van der Waals surface area (Å²) in [7, 11) is 4.44. The smallest absolute Gasteiger partial charge is 0.273 e. The highest BCUT2D eigenvalue weighted by atomic mass is 16.5. The number of nitriles is 1. The molecule has 0 aliphatic carbocycles. The summed E-state index contributed by atoms with van der Waals surface area (Å²) in [5.41, 5.74) is 2.36. The van der Waals surface area contributed by atoms with E-state index in [0.717, 1.165) is 4.57 Å². The molecule has 0 unspecified atom stereocenters. The van der Waals surface area contributed by atoms with E-state index < -0.39 is 5.56 Å². The second kappa shape index (κ2) is 6.15. The van der Waals surface area contributed by atoms with Crippen molar-refractivity contribution in [1.29, 1.82) is 5.26 Å². The van der Waals surface area contributed by atoms with Gasteiger partial charge in [-0.2, -0.15) is 5.26 Å². The number of methoxy groups -OCH3 is 2. The standard InChI is InChI=1S/C14H15N5O3/c1-19-13(20)9(7-15)11(17-14(19)18-16)8-5-4-6-10(21-2)12(8)22-3/h4-6H,16H2,1-3H3,(H,17,18). The number of hydrazine groups is 1. The number of hydrogen-bond acceptors (Lipinski definition) is 7. The highest BCUT2D eigenvalue weighted by Crippen LogP contribution is 2.37. The van der Waals surface area contributed by atoms with Gasteiger partial charge in [-0.25, -0.2) is 10.8 Å². The van der Waals surface area contributed by atoms with Crippen LogP contribution in [0, 0.1) is 11.3 Å². The number of anilines is 1. The summed E-state index contributed by atoms with van der Waals surface area (Å²) in [6.07, 6.45) is 0. The second-order valence-electron chi connectivity index (χ2n) is 4.32. The fourth-order valence-corrected chi connectivity index (χ4v) is 2.10. The molecule has 0 atom stereocenters. The van der Waals surface area contributed by atoms with E-state index in [-0.39, 0.29) is 17.2 Å². The first kappa shape index (κ1) is 15.3. The fourth-order valence-electron chi connectivity index (χ4n) is 2.10. The van der Waals surface area contributed by atoms with Gasteiger partial charge in [-0.05, 0) is 12.1 Å². The van der Waals surface area contributed by atoms with Crippen molar-refractivity contribution in [3.8, 4) is 28.8 Å². The number of aromatic nitrogens is 2. The van der Waals surface area contributed by atoms with Gasteiger partial charge >= 0.3 is 0 Å². The van der Waals surface area contributed by atoms with Crippen molar-refractivity contribution in [3.63, 3.8) is 0 Å². The topological polar surface area (TPSA) is 115 Å². The van der Waals surface area contributed by atoms with Gasteiger partial charge in [-0.15, -0.1) is 0 Å². The van der Waals surface area contributed by atoms with Gasteiger partial charge in [0, 0.05) is 12.6 Å². The lowest BCUT2D eigenvalue weighted by Crippen LogP contribution is -2.27. The van der Waals surface area contributed by atoms with E-state index >= 15 is 0 Å². The number of nitrogens with one attached hydrogen (secondary N) is 1. The Bertz CT molecular complexity index is 807. The molecule has 3 N–H and O–H groups in total. The van der Waals surface area contributed by atoms with E-state index in [4.69, 9.17) is 15.3 Å². The Hall–Kier alpha value is -3.05. The molecule has 2 aromatic rings. The number of nitrogens with zero attached hydrogens (tertiary/aromatic N) is 3. The molecule has 0 aliphatic rings. The number of para-hydroxylation sites is 1. The van der Waals surface area contributed by atoms with Crippen LogP contribution >= 0.6 is 0 Å². The molecular weight excluding hydrogens is 286 g/mol. The van der Waals surface area contributed by atoms with Crippen LogP contribution in [0.4, 0.5) is 5.95 Å². The normalized spacial score (nSPS) is 9.95. The monoisotopic (exact) mass is 301 g/mol. The van der Waals surface area contributed by atoms with Crippen LogP contribution in [0.25, 0.3) is 11.3 Å². The first-order valence-electron chi connectivity index (χ1n) is 6.28. The van der Waals surface area contributed by atoms with Crippen molar-refractivity contribution in [2.24, 2.45) is 12.9 Å². The van der Waals surface area contributed by atoms with E-state index in [9.17, 15) is 10.1 Å². The van der Waals surface area contributed by atoms with Crippen LogP contribution in [0.5, 0.6) is 11.5 Å². The first-order chi connectivity index (χ1) is 10.6. The Morgan fingerprint density at radius 2 is 2.09 bits per heavy atom. The Morgan fingerprint density at radius 3 is 2.64 bits per heavy atom. The zero-order valence-electron chi connectivity index (χ0n) is 12.4. The maximum Gasteiger partial charge on any atom is 0.273 e. The van der Waals surface area contributed by atoms with Gasteiger partial charge in [0.15, 0.2) is 11.5 Å². The van der Waals surface area contributed by atoms with Crippen molar-refractivity contribution in [3.05, 3.63) is 34.1 Å². The number of benzene rings is 1. The highest BCUT2D eigenvalue weighted by molar-refractivity contribution is 5.75. The number of nitrogen functional groups attached to an aromatic ring is 1. The van der Waals surface area contributed by atoms with Gasteiger partial charge in [0.25, 0.3) is 5.56 Å². The molecule has 0 saturated heterocycles. The molecule has 0 saturated carbocycles. The predicted molar refractivity (Wildman–Crippen MR) is 80.5 cm³/mol. The van der Waals surface area contributed by atoms with E-state index in [1.54, 1.807) is 18.2 Å². The average molecular weight is 301 g/mol. The van der Waals surface area contributed by atoms with Gasteiger partial charge in [0.1, 0.15) is 17.3 Å².